The SMILES string of the molecule is CC(C)(C)Cc1nc(CN2CCCC3(CCN(Cc4ccncc4)C3=O)C2)nc2cc(C#N)nn12. The van der Waals surface area contributed by atoms with Crippen LogP contribution in [0.3, 0.4) is 0 Å². The molecular weight excluding hydrogens is 440 g/mol. The molecule has 2 aliphatic heterocycles. The Kier molecular flexibility index (Phi) is 6.01. The van der Waals surface area contributed by atoms with Crippen molar-refractivity contribution in [3.63, 3.8) is 0 Å². The summed E-state index contributed by atoms with van der Waals surface area (Å²) in [7, 11) is 0. The second kappa shape index (κ2) is 9.00. The number of hydrogen-bond acceptors (Lipinski definition) is 7. The highest BCUT2D eigenvalue weighted by atomic mass is 16.2. The zero-order valence-corrected chi connectivity index (χ0v) is 20.7. The average molecular weight is 473 g/mol. The number of carbonyl (C=O) groups is 1. The predicted octanol–water partition coefficient (Wildman–Crippen LogP) is 2.99. The molecule has 0 radical (unpaired) electrons. The number of fused-ring (bicyclic) bond motifs is 1. The van der Waals surface area contributed by atoms with Crippen LogP contribution in [0.2, 0.25) is 0 Å². The molecule has 0 saturated carbocycles. The Morgan fingerprint density at radius 1 is 1.11 bits per heavy atom. The van der Waals surface area contributed by atoms with Crippen molar-refractivity contribution in [2.24, 2.45) is 10.8 Å². The number of piperidine rings is 1. The second-order valence-electron chi connectivity index (χ2n) is 11.1. The summed E-state index contributed by atoms with van der Waals surface area (Å²) in [6.07, 6.45) is 7.07. The van der Waals surface area contributed by atoms with Crippen LogP contribution in [0.4, 0.5) is 0 Å². The van der Waals surface area contributed by atoms with Gasteiger partial charge in [-0.05, 0) is 48.9 Å². The van der Waals surface area contributed by atoms with Crippen molar-refractivity contribution >= 4 is 11.6 Å². The highest BCUT2D eigenvalue weighted by Crippen LogP contribution is 2.41. The average Bonchev–Trinajstić information content (AvgIpc) is 3.36. The van der Waals surface area contributed by atoms with Crippen molar-refractivity contribution in [2.75, 3.05) is 19.6 Å². The maximum Gasteiger partial charge on any atom is 0.230 e. The van der Waals surface area contributed by atoms with Crippen LogP contribution in [-0.4, -0.2) is 59.9 Å². The lowest BCUT2D eigenvalue weighted by molar-refractivity contribution is -0.139. The van der Waals surface area contributed by atoms with E-state index in [-0.39, 0.29) is 16.7 Å². The Hall–Kier alpha value is -3.38. The molecule has 1 unspecified atom stereocenters. The Morgan fingerprint density at radius 3 is 2.66 bits per heavy atom. The van der Waals surface area contributed by atoms with Crippen LogP contribution >= 0.6 is 0 Å². The number of amides is 1. The largest absolute Gasteiger partial charge is 0.338 e. The number of pyridine rings is 1. The summed E-state index contributed by atoms with van der Waals surface area (Å²) < 4.78 is 1.70. The van der Waals surface area contributed by atoms with Crippen LogP contribution in [0.5, 0.6) is 0 Å². The van der Waals surface area contributed by atoms with Crippen LogP contribution < -0.4 is 0 Å². The van der Waals surface area contributed by atoms with Gasteiger partial charge in [0, 0.05) is 44.5 Å². The molecule has 9 heteroatoms. The molecule has 35 heavy (non-hydrogen) atoms. The monoisotopic (exact) mass is 472 g/mol. The summed E-state index contributed by atoms with van der Waals surface area (Å²) in [5.41, 5.74) is 1.80. The lowest BCUT2D eigenvalue weighted by Crippen LogP contribution is -2.47. The Bertz CT molecular complexity index is 1270. The van der Waals surface area contributed by atoms with E-state index in [0.717, 1.165) is 62.5 Å². The molecule has 0 aliphatic carbocycles. The third kappa shape index (κ3) is 4.89. The molecular formula is C26H32N8O. The molecule has 9 nitrogen and oxygen atoms in total. The standard InChI is InChI=1S/C26H32N8O/c1-25(2,3)14-23-30-21(29-22-13-20(15-27)31-34(22)23)17-32-11-4-7-26(18-32)8-12-33(24(26)35)16-19-5-9-28-10-6-19/h5-6,9-10,13H,4,7-8,11-12,14,16-18H2,1-3H3. The molecule has 0 bridgehead atoms. The molecule has 2 fully saturated rings. The van der Waals surface area contributed by atoms with Gasteiger partial charge in [0.05, 0.1) is 12.0 Å². The van der Waals surface area contributed by atoms with Gasteiger partial charge in [-0.15, -0.1) is 0 Å². The first-order chi connectivity index (χ1) is 16.7. The fourth-order valence-corrected chi connectivity index (χ4v) is 5.40. The summed E-state index contributed by atoms with van der Waals surface area (Å²) in [5, 5.41) is 13.7. The topological polar surface area (TPSA) is 103 Å². The first-order valence-electron chi connectivity index (χ1n) is 12.3. The lowest BCUT2D eigenvalue weighted by atomic mass is 9.78. The number of carbonyl (C=O) groups excluding carboxylic acids is 1. The van der Waals surface area contributed by atoms with Gasteiger partial charge in [0.1, 0.15) is 17.7 Å². The van der Waals surface area contributed by atoms with E-state index < -0.39 is 0 Å². The van der Waals surface area contributed by atoms with E-state index in [1.54, 1.807) is 23.0 Å². The van der Waals surface area contributed by atoms with Gasteiger partial charge < -0.3 is 4.90 Å². The number of likely N-dealkylation sites (tertiary alicyclic amines) is 2. The van der Waals surface area contributed by atoms with Crippen LogP contribution in [0.1, 0.15) is 62.9 Å². The minimum absolute atomic E-state index is 0.0149. The van der Waals surface area contributed by atoms with E-state index in [4.69, 9.17) is 9.97 Å². The maximum atomic E-state index is 13.5. The third-order valence-corrected chi connectivity index (χ3v) is 6.98. The van der Waals surface area contributed by atoms with E-state index in [1.165, 1.54) is 0 Å². The second-order valence-corrected chi connectivity index (χ2v) is 11.1. The Balaban J connectivity index is 1.35. The molecule has 0 aromatic carbocycles. The van der Waals surface area contributed by atoms with Crippen LogP contribution in [0, 0.1) is 22.2 Å². The summed E-state index contributed by atoms with van der Waals surface area (Å²) in [6, 6.07) is 7.77. The highest BCUT2D eigenvalue weighted by Gasteiger charge is 2.48. The predicted molar refractivity (Wildman–Crippen MR) is 130 cm³/mol. The van der Waals surface area contributed by atoms with Gasteiger partial charge in [-0.2, -0.15) is 14.9 Å². The van der Waals surface area contributed by atoms with Crippen molar-refractivity contribution < 1.29 is 4.79 Å². The summed E-state index contributed by atoms with van der Waals surface area (Å²) in [5.74, 6) is 1.79. The summed E-state index contributed by atoms with van der Waals surface area (Å²) in [6.45, 7) is 10.1. The van der Waals surface area contributed by atoms with Gasteiger partial charge in [0.15, 0.2) is 11.3 Å². The van der Waals surface area contributed by atoms with Crippen molar-refractivity contribution in [3.8, 4) is 6.07 Å². The molecule has 2 aliphatic rings. The third-order valence-electron chi connectivity index (χ3n) is 6.98. The Morgan fingerprint density at radius 2 is 1.91 bits per heavy atom. The van der Waals surface area contributed by atoms with Crippen LogP contribution in [0.15, 0.2) is 30.6 Å². The van der Waals surface area contributed by atoms with Gasteiger partial charge in [-0.3, -0.25) is 14.7 Å². The van der Waals surface area contributed by atoms with Crippen molar-refractivity contribution in [2.45, 2.75) is 59.5 Å². The van der Waals surface area contributed by atoms with Gasteiger partial charge in [-0.25, -0.2) is 9.97 Å². The molecule has 1 amide bonds. The Labute approximate surface area is 205 Å². The van der Waals surface area contributed by atoms with E-state index in [9.17, 15) is 10.1 Å². The highest BCUT2D eigenvalue weighted by molar-refractivity contribution is 5.85. The van der Waals surface area contributed by atoms with E-state index >= 15 is 0 Å². The fourth-order valence-electron chi connectivity index (χ4n) is 5.40. The van der Waals surface area contributed by atoms with E-state index in [1.807, 2.05) is 17.0 Å². The molecule has 1 atom stereocenters. The van der Waals surface area contributed by atoms with Crippen LogP contribution in [0.25, 0.3) is 5.65 Å². The van der Waals surface area contributed by atoms with Crippen LogP contribution in [-0.2, 0) is 24.3 Å². The molecule has 182 valence electrons. The van der Waals surface area contributed by atoms with Crippen molar-refractivity contribution in [3.05, 3.63) is 53.5 Å². The lowest BCUT2D eigenvalue weighted by Gasteiger charge is -2.38. The van der Waals surface area contributed by atoms with Gasteiger partial charge in [0.2, 0.25) is 5.91 Å². The molecule has 5 heterocycles. The quantitative estimate of drug-likeness (QED) is 0.562. The molecule has 3 aromatic heterocycles. The smallest absolute Gasteiger partial charge is 0.230 e. The first kappa shape index (κ1) is 23.4. The zero-order valence-electron chi connectivity index (χ0n) is 20.7. The van der Waals surface area contributed by atoms with E-state index in [2.05, 4.69) is 41.8 Å². The van der Waals surface area contributed by atoms with Crippen molar-refractivity contribution in [1.29, 1.82) is 5.26 Å². The number of aromatic nitrogens is 5. The molecule has 1 spiro atoms. The zero-order chi connectivity index (χ0) is 24.6. The number of rotatable bonds is 5. The van der Waals surface area contributed by atoms with E-state index in [0.29, 0.717) is 24.4 Å². The fraction of sp³-hybridized carbons (Fsp3) is 0.538. The molecule has 0 N–H and O–H groups in total. The summed E-state index contributed by atoms with van der Waals surface area (Å²) in [4.78, 5) is 31.5. The molecule has 2 saturated heterocycles. The minimum Gasteiger partial charge on any atom is -0.338 e. The van der Waals surface area contributed by atoms with Gasteiger partial charge in [0.25, 0.3) is 0 Å². The molecule has 5 rings (SSSR count). The van der Waals surface area contributed by atoms with Crippen molar-refractivity contribution in [1.82, 2.24) is 34.4 Å². The number of hydrogen-bond donors (Lipinski definition) is 0. The maximum absolute atomic E-state index is 13.5. The number of nitriles is 1. The minimum atomic E-state index is -0.325. The van der Waals surface area contributed by atoms with Gasteiger partial charge in [-0.1, -0.05) is 20.8 Å². The normalized spacial score (nSPS) is 21.2. The summed E-state index contributed by atoms with van der Waals surface area (Å²) >= 11 is 0. The molecule has 3 aromatic rings. The first-order valence-corrected chi connectivity index (χ1v) is 12.3. The number of nitrogens with zero attached hydrogens (tertiary/aromatic N) is 8. The van der Waals surface area contributed by atoms with Gasteiger partial charge >= 0.3 is 0 Å².